The molecule has 1 aromatic carbocycles. The van der Waals surface area contributed by atoms with Crippen LogP contribution in [-0.2, 0) is 19.4 Å². The van der Waals surface area contributed by atoms with Crippen LogP contribution in [-0.4, -0.2) is 16.0 Å². The number of aromatic carboxylic acids is 1. The Morgan fingerprint density at radius 2 is 2.19 bits per heavy atom. The van der Waals surface area contributed by atoms with Crippen molar-refractivity contribution in [1.29, 1.82) is 0 Å². The molecule has 0 aliphatic heterocycles. The van der Waals surface area contributed by atoms with Crippen molar-refractivity contribution in [2.45, 2.75) is 39.7 Å². The zero-order valence-electron chi connectivity index (χ0n) is 14.7. The van der Waals surface area contributed by atoms with Crippen molar-refractivity contribution in [1.82, 2.24) is 5.43 Å². The number of carboxylic acid groups (broad SMARTS) is 1. The second-order valence-corrected chi connectivity index (χ2v) is 8.44. The van der Waals surface area contributed by atoms with Crippen LogP contribution in [0.3, 0.4) is 0 Å². The number of nitro benzene ring substituents is 1. The summed E-state index contributed by atoms with van der Waals surface area (Å²) in [5, 5.41) is 20.9. The summed E-state index contributed by atoms with van der Waals surface area (Å²) in [4.78, 5) is 24.4. The summed E-state index contributed by atoms with van der Waals surface area (Å²) in [6.45, 7) is 4.51. The highest BCUT2D eigenvalue weighted by Crippen LogP contribution is 2.46. The lowest BCUT2D eigenvalue weighted by Gasteiger charge is -2.29. The summed E-state index contributed by atoms with van der Waals surface area (Å²) in [5.41, 5.74) is 5.06. The van der Waals surface area contributed by atoms with Crippen molar-refractivity contribution in [2.24, 2.45) is 11.3 Å². The molecule has 0 saturated carbocycles. The van der Waals surface area contributed by atoms with Gasteiger partial charge in [-0.1, -0.05) is 13.8 Å². The Kier molecular flexibility index (Phi) is 4.83. The monoisotopic (exact) mass is 375 g/mol. The molecule has 26 heavy (non-hydrogen) atoms. The minimum atomic E-state index is -0.958. The van der Waals surface area contributed by atoms with Crippen LogP contribution in [0.15, 0.2) is 18.2 Å². The van der Waals surface area contributed by atoms with E-state index in [2.05, 4.69) is 19.3 Å². The molecule has 1 aliphatic carbocycles. The maximum Gasteiger partial charge on any atom is 0.337 e. The van der Waals surface area contributed by atoms with E-state index in [9.17, 15) is 20.0 Å². The molecule has 2 aromatic rings. The van der Waals surface area contributed by atoms with Crippen molar-refractivity contribution in [2.75, 3.05) is 0 Å². The number of carboxylic acids is 1. The van der Waals surface area contributed by atoms with Crippen LogP contribution in [0.25, 0.3) is 10.4 Å². The normalized spacial score (nSPS) is 15.5. The van der Waals surface area contributed by atoms with Crippen LogP contribution in [0.1, 0.15) is 46.6 Å². The van der Waals surface area contributed by atoms with Crippen molar-refractivity contribution in [3.05, 3.63) is 49.9 Å². The van der Waals surface area contributed by atoms with E-state index in [1.165, 1.54) is 23.5 Å². The van der Waals surface area contributed by atoms with Crippen molar-refractivity contribution in [3.8, 4) is 10.4 Å². The summed E-state index contributed by atoms with van der Waals surface area (Å²) < 4.78 is 0. The molecule has 0 bridgehead atoms. The largest absolute Gasteiger partial charge is 0.478 e. The number of nitrogens with zero attached hydrogens (tertiary/aromatic N) is 1. The molecule has 0 amide bonds. The van der Waals surface area contributed by atoms with Crippen molar-refractivity contribution < 1.29 is 14.8 Å². The first-order valence-electron chi connectivity index (χ1n) is 8.32. The Morgan fingerprint density at radius 1 is 1.46 bits per heavy atom. The third-order valence-electron chi connectivity index (χ3n) is 4.83. The number of nitrogens with one attached hydrogen (secondary N) is 1. The average Bonchev–Trinajstić information content (AvgIpc) is 2.92. The SMILES string of the molecule is CC1(C)CCc2sc(-c3ccc([N+](=O)[O-])cc3CNN)c(C(=O)O)c2C1. The molecule has 0 fully saturated rings. The number of benzene rings is 1. The van der Waals surface area contributed by atoms with Crippen LogP contribution in [0.2, 0.25) is 0 Å². The number of hydrogen-bond donors (Lipinski definition) is 3. The standard InChI is InChI=1S/C18H21N3O4S/c1-18(2)6-5-14-13(8-18)15(17(22)23)16(26-14)12-4-3-11(21(24)25)7-10(12)9-20-19/h3-4,7,20H,5-6,8-9,19H2,1-2H3,(H,22,23). The third-order valence-corrected chi connectivity index (χ3v) is 6.15. The van der Waals surface area contributed by atoms with Gasteiger partial charge in [0.25, 0.3) is 5.69 Å². The van der Waals surface area contributed by atoms with Gasteiger partial charge >= 0.3 is 5.97 Å². The number of rotatable bonds is 5. The number of aryl methyl sites for hydroxylation is 1. The van der Waals surface area contributed by atoms with E-state index in [-0.39, 0.29) is 17.6 Å². The van der Waals surface area contributed by atoms with Gasteiger partial charge in [-0.3, -0.25) is 21.4 Å². The van der Waals surface area contributed by atoms with Gasteiger partial charge < -0.3 is 5.11 Å². The fourth-order valence-electron chi connectivity index (χ4n) is 3.51. The lowest BCUT2D eigenvalue weighted by atomic mass is 9.76. The van der Waals surface area contributed by atoms with E-state index in [0.717, 1.165) is 29.7 Å². The lowest BCUT2D eigenvalue weighted by Crippen LogP contribution is -2.22. The topological polar surface area (TPSA) is 118 Å². The molecular weight excluding hydrogens is 354 g/mol. The molecule has 1 heterocycles. The first-order valence-corrected chi connectivity index (χ1v) is 9.14. The molecule has 0 saturated heterocycles. The van der Waals surface area contributed by atoms with Gasteiger partial charge in [0.2, 0.25) is 0 Å². The highest BCUT2D eigenvalue weighted by atomic mass is 32.1. The fourth-order valence-corrected chi connectivity index (χ4v) is 4.88. The maximum atomic E-state index is 12.0. The molecule has 4 N–H and O–H groups in total. The number of nitrogens with two attached hydrogens (primary N) is 1. The molecule has 138 valence electrons. The third kappa shape index (κ3) is 3.35. The zero-order chi connectivity index (χ0) is 19.1. The summed E-state index contributed by atoms with van der Waals surface area (Å²) in [6, 6.07) is 4.48. The molecule has 1 aliphatic rings. The van der Waals surface area contributed by atoms with Gasteiger partial charge in [0.1, 0.15) is 0 Å². The number of thiophene rings is 1. The first-order chi connectivity index (χ1) is 12.2. The van der Waals surface area contributed by atoms with E-state index in [4.69, 9.17) is 5.84 Å². The Bertz CT molecular complexity index is 889. The lowest BCUT2D eigenvalue weighted by molar-refractivity contribution is -0.384. The molecule has 3 rings (SSSR count). The van der Waals surface area contributed by atoms with Crippen LogP contribution >= 0.6 is 11.3 Å². The smallest absolute Gasteiger partial charge is 0.337 e. The summed E-state index contributed by atoms with van der Waals surface area (Å²) >= 11 is 1.48. The number of carbonyl (C=O) groups is 1. The molecular formula is C18H21N3O4S. The Hall–Kier alpha value is -2.29. The van der Waals surface area contributed by atoms with E-state index < -0.39 is 10.9 Å². The Balaban J connectivity index is 2.20. The van der Waals surface area contributed by atoms with Crippen LogP contribution in [0.4, 0.5) is 5.69 Å². The number of hydrogen-bond acceptors (Lipinski definition) is 6. The first kappa shape index (κ1) is 18.5. The zero-order valence-corrected chi connectivity index (χ0v) is 15.5. The highest BCUT2D eigenvalue weighted by molar-refractivity contribution is 7.16. The Labute approximate surface area is 155 Å². The van der Waals surface area contributed by atoms with Crippen LogP contribution < -0.4 is 11.3 Å². The van der Waals surface area contributed by atoms with Crippen molar-refractivity contribution >= 4 is 23.0 Å². The van der Waals surface area contributed by atoms with Gasteiger partial charge in [0.05, 0.1) is 10.5 Å². The number of nitro groups is 1. The van der Waals surface area contributed by atoms with Gasteiger partial charge in [-0.15, -0.1) is 11.3 Å². The predicted octanol–water partition coefficient (Wildman–Crippen LogP) is 3.50. The second kappa shape index (κ2) is 6.79. The number of hydrazine groups is 1. The molecule has 0 unspecified atom stereocenters. The van der Waals surface area contributed by atoms with Crippen molar-refractivity contribution in [3.63, 3.8) is 0 Å². The quantitative estimate of drug-likeness (QED) is 0.418. The molecule has 1 aromatic heterocycles. The Morgan fingerprint density at radius 3 is 2.81 bits per heavy atom. The minimum absolute atomic E-state index is 0.0432. The van der Waals surface area contributed by atoms with E-state index in [0.29, 0.717) is 21.6 Å². The minimum Gasteiger partial charge on any atom is -0.478 e. The summed E-state index contributed by atoms with van der Waals surface area (Å²) in [5.74, 6) is 4.47. The second-order valence-electron chi connectivity index (χ2n) is 7.33. The maximum absolute atomic E-state index is 12.0. The van der Waals surface area contributed by atoms with E-state index in [1.54, 1.807) is 6.07 Å². The van der Waals surface area contributed by atoms with Gasteiger partial charge in [-0.05, 0) is 47.4 Å². The number of non-ortho nitro benzene ring substituents is 1. The van der Waals surface area contributed by atoms with Gasteiger partial charge in [-0.2, -0.15) is 0 Å². The van der Waals surface area contributed by atoms with Crippen LogP contribution in [0.5, 0.6) is 0 Å². The van der Waals surface area contributed by atoms with Gasteiger partial charge in [0, 0.05) is 28.4 Å². The molecule has 7 nitrogen and oxygen atoms in total. The van der Waals surface area contributed by atoms with Gasteiger partial charge in [0.15, 0.2) is 0 Å². The highest BCUT2D eigenvalue weighted by Gasteiger charge is 2.33. The molecule has 8 heteroatoms. The molecule has 0 spiro atoms. The average molecular weight is 375 g/mol. The van der Waals surface area contributed by atoms with Crippen LogP contribution in [0, 0.1) is 15.5 Å². The molecule has 0 atom stereocenters. The number of fused-ring (bicyclic) bond motifs is 1. The molecule has 0 radical (unpaired) electrons. The fraction of sp³-hybridized carbons (Fsp3) is 0.389. The predicted molar refractivity (Wildman–Crippen MR) is 100 cm³/mol. The van der Waals surface area contributed by atoms with E-state index in [1.807, 2.05) is 0 Å². The summed E-state index contributed by atoms with van der Waals surface area (Å²) in [7, 11) is 0. The van der Waals surface area contributed by atoms with Gasteiger partial charge in [-0.25, -0.2) is 4.79 Å². The van der Waals surface area contributed by atoms with E-state index >= 15 is 0 Å². The summed E-state index contributed by atoms with van der Waals surface area (Å²) in [6.07, 6.45) is 2.58.